The molecule has 0 saturated heterocycles. The van der Waals surface area contributed by atoms with E-state index in [1.54, 1.807) is 6.20 Å². The second-order valence-electron chi connectivity index (χ2n) is 6.33. The maximum absolute atomic E-state index is 12.8. The number of carbonyl (C=O) groups excluding carboxylic acids is 1. The standard InChI is InChI=1S/C22H23ClN2O2/c1-2-3-15-25(17-9-5-4-6-10-17)22(26)14-13-21-24-16-20(27-21)18-11-7-8-12-19(18)23/h4-12,16H,2-3,13-15H2,1H3. The minimum absolute atomic E-state index is 0.0761. The van der Waals surface area contributed by atoms with Gasteiger partial charge in [-0.05, 0) is 30.7 Å². The minimum atomic E-state index is 0.0761. The summed E-state index contributed by atoms with van der Waals surface area (Å²) in [5.41, 5.74) is 1.73. The van der Waals surface area contributed by atoms with Gasteiger partial charge in [-0.15, -0.1) is 0 Å². The second kappa shape index (κ2) is 9.38. The molecule has 0 atom stereocenters. The van der Waals surface area contributed by atoms with Crippen molar-refractivity contribution in [2.45, 2.75) is 32.6 Å². The number of anilines is 1. The summed E-state index contributed by atoms with van der Waals surface area (Å²) in [6, 6.07) is 17.3. The first-order chi connectivity index (χ1) is 13.2. The fraction of sp³-hybridized carbons (Fsp3) is 0.273. The fourth-order valence-corrected chi connectivity index (χ4v) is 3.11. The highest BCUT2D eigenvalue weighted by Crippen LogP contribution is 2.28. The van der Waals surface area contributed by atoms with Crippen molar-refractivity contribution in [2.24, 2.45) is 0 Å². The molecule has 3 rings (SSSR count). The summed E-state index contributed by atoms with van der Waals surface area (Å²) in [5, 5.41) is 0.617. The van der Waals surface area contributed by atoms with Gasteiger partial charge >= 0.3 is 0 Å². The van der Waals surface area contributed by atoms with Crippen LogP contribution >= 0.6 is 11.6 Å². The van der Waals surface area contributed by atoms with Crippen LogP contribution in [-0.2, 0) is 11.2 Å². The molecule has 1 amide bonds. The summed E-state index contributed by atoms with van der Waals surface area (Å²) >= 11 is 6.20. The van der Waals surface area contributed by atoms with Crippen molar-refractivity contribution in [3.8, 4) is 11.3 Å². The molecule has 4 nitrogen and oxygen atoms in total. The Morgan fingerprint density at radius 3 is 2.59 bits per heavy atom. The number of nitrogens with zero attached hydrogens (tertiary/aromatic N) is 2. The zero-order valence-electron chi connectivity index (χ0n) is 15.4. The summed E-state index contributed by atoms with van der Waals surface area (Å²) in [6.07, 6.45) is 4.47. The quantitative estimate of drug-likeness (QED) is 0.497. The van der Waals surface area contributed by atoms with Crippen LogP contribution in [0.25, 0.3) is 11.3 Å². The van der Waals surface area contributed by atoms with Crippen LogP contribution in [0.15, 0.2) is 65.2 Å². The van der Waals surface area contributed by atoms with Gasteiger partial charge in [0.25, 0.3) is 0 Å². The molecular weight excluding hydrogens is 360 g/mol. The molecule has 0 bridgehead atoms. The average Bonchev–Trinajstić information content (AvgIpc) is 3.16. The molecule has 140 valence electrons. The van der Waals surface area contributed by atoms with Crippen molar-refractivity contribution in [1.29, 1.82) is 0 Å². The number of hydrogen-bond donors (Lipinski definition) is 0. The number of aryl methyl sites for hydroxylation is 1. The number of para-hydroxylation sites is 1. The van der Waals surface area contributed by atoms with Gasteiger partial charge in [-0.3, -0.25) is 4.79 Å². The molecular formula is C22H23ClN2O2. The van der Waals surface area contributed by atoms with Crippen molar-refractivity contribution in [3.63, 3.8) is 0 Å². The molecule has 0 N–H and O–H groups in total. The first-order valence-electron chi connectivity index (χ1n) is 9.24. The summed E-state index contributed by atoms with van der Waals surface area (Å²) in [5.74, 6) is 1.24. The first-order valence-corrected chi connectivity index (χ1v) is 9.62. The molecule has 0 aliphatic heterocycles. The molecule has 0 radical (unpaired) electrons. The van der Waals surface area contributed by atoms with E-state index in [1.165, 1.54) is 0 Å². The van der Waals surface area contributed by atoms with Crippen molar-refractivity contribution in [2.75, 3.05) is 11.4 Å². The molecule has 0 saturated carbocycles. The molecule has 0 aliphatic carbocycles. The van der Waals surface area contributed by atoms with E-state index in [9.17, 15) is 4.79 Å². The Morgan fingerprint density at radius 2 is 1.85 bits per heavy atom. The van der Waals surface area contributed by atoms with E-state index in [2.05, 4.69) is 11.9 Å². The van der Waals surface area contributed by atoms with Crippen LogP contribution in [0.2, 0.25) is 5.02 Å². The molecule has 0 spiro atoms. The second-order valence-corrected chi connectivity index (χ2v) is 6.74. The summed E-state index contributed by atoms with van der Waals surface area (Å²) in [6.45, 7) is 2.84. The predicted molar refractivity (Wildman–Crippen MR) is 109 cm³/mol. The number of amides is 1. The van der Waals surface area contributed by atoms with Crippen LogP contribution in [-0.4, -0.2) is 17.4 Å². The number of carbonyl (C=O) groups is 1. The summed E-state index contributed by atoms with van der Waals surface area (Å²) in [4.78, 5) is 18.9. The van der Waals surface area contributed by atoms with Gasteiger partial charge in [0, 0.05) is 30.6 Å². The zero-order valence-corrected chi connectivity index (χ0v) is 16.2. The van der Waals surface area contributed by atoms with E-state index >= 15 is 0 Å². The van der Waals surface area contributed by atoms with Gasteiger partial charge in [-0.25, -0.2) is 4.98 Å². The first kappa shape index (κ1) is 19.2. The molecule has 0 fully saturated rings. The van der Waals surface area contributed by atoms with E-state index in [0.29, 0.717) is 29.5 Å². The van der Waals surface area contributed by atoms with Crippen LogP contribution in [0.4, 0.5) is 5.69 Å². The van der Waals surface area contributed by atoms with Crippen LogP contribution in [0.5, 0.6) is 0 Å². The van der Waals surface area contributed by atoms with Gasteiger partial charge < -0.3 is 9.32 Å². The van der Waals surface area contributed by atoms with Crippen molar-refractivity contribution in [3.05, 3.63) is 71.7 Å². The van der Waals surface area contributed by atoms with Gasteiger partial charge in [-0.2, -0.15) is 0 Å². The lowest BCUT2D eigenvalue weighted by atomic mass is 10.2. The number of aromatic nitrogens is 1. The maximum atomic E-state index is 12.8. The smallest absolute Gasteiger partial charge is 0.227 e. The Kier molecular flexibility index (Phi) is 6.66. The van der Waals surface area contributed by atoms with E-state index in [0.717, 1.165) is 30.6 Å². The molecule has 1 aromatic heterocycles. The molecule has 5 heteroatoms. The fourth-order valence-electron chi connectivity index (χ4n) is 2.88. The number of rotatable bonds is 8. The van der Waals surface area contributed by atoms with Gasteiger partial charge in [0.2, 0.25) is 5.91 Å². The average molecular weight is 383 g/mol. The van der Waals surface area contributed by atoms with Crippen LogP contribution in [0.3, 0.4) is 0 Å². The SMILES string of the molecule is CCCCN(C(=O)CCc1ncc(-c2ccccc2Cl)o1)c1ccccc1. The van der Waals surface area contributed by atoms with Gasteiger partial charge in [0.15, 0.2) is 11.7 Å². The third-order valence-electron chi connectivity index (χ3n) is 4.35. The monoisotopic (exact) mass is 382 g/mol. The van der Waals surface area contributed by atoms with Gasteiger partial charge in [0.1, 0.15) is 0 Å². The molecule has 0 unspecified atom stereocenters. The molecule has 1 heterocycles. The maximum Gasteiger partial charge on any atom is 0.227 e. The number of unbranched alkanes of at least 4 members (excludes halogenated alkanes) is 1. The van der Waals surface area contributed by atoms with Gasteiger partial charge in [-0.1, -0.05) is 55.3 Å². The largest absolute Gasteiger partial charge is 0.441 e. The molecule has 2 aromatic carbocycles. The Labute approximate surface area is 164 Å². The van der Waals surface area contributed by atoms with E-state index in [-0.39, 0.29) is 5.91 Å². The normalized spacial score (nSPS) is 10.7. The summed E-state index contributed by atoms with van der Waals surface area (Å²) in [7, 11) is 0. The lowest BCUT2D eigenvalue weighted by molar-refractivity contribution is -0.118. The van der Waals surface area contributed by atoms with Crippen LogP contribution in [0.1, 0.15) is 32.1 Å². The lowest BCUT2D eigenvalue weighted by Gasteiger charge is -2.22. The Bertz CT molecular complexity index is 877. The van der Waals surface area contributed by atoms with Crippen molar-refractivity contribution < 1.29 is 9.21 Å². The highest BCUT2D eigenvalue weighted by Gasteiger charge is 2.17. The Hall–Kier alpha value is -2.59. The minimum Gasteiger partial charge on any atom is -0.441 e. The molecule has 3 aromatic rings. The Balaban J connectivity index is 1.66. The number of oxazole rings is 1. The third kappa shape index (κ3) is 4.98. The topological polar surface area (TPSA) is 46.3 Å². The molecule has 27 heavy (non-hydrogen) atoms. The third-order valence-corrected chi connectivity index (χ3v) is 4.68. The number of benzene rings is 2. The Morgan fingerprint density at radius 1 is 1.11 bits per heavy atom. The van der Waals surface area contributed by atoms with E-state index < -0.39 is 0 Å². The van der Waals surface area contributed by atoms with E-state index in [4.69, 9.17) is 16.0 Å². The van der Waals surface area contributed by atoms with Crippen molar-refractivity contribution in [1.82, 2.24) is 4.98 Å². The van der Waals surface area contributed by atoms with Crippen LogP contribution in [0, 0.1) is 0 Å². The highest BCUT2D eigenvalue weighted by atomic mass is 35.5. The molecule has 0 aliphatic rings. The van der Waals surface area contributed by atoms with Crippen molar-refractivity contribution >= 4 is 23.2 Å². The summed E-state index contributed by atoms with van der Waals surface area (Å²) < 4.78 is 5.80. The lowest BCUT2D eigenvalue weighted by Crippen LogP contribution is -2.32. The predicted octanol–water partition coefficient (Wildman–Crippen LogP) is 5.76. The van der Waals surface area contributed by atoms with Crippen LogP contribution < -0.4 is 4.90 Å². The van der Waals surface area contributed by atoms with E-state index in [1.807, 2.05) is 59.5 Å². The highest BCUT2D eigenvalue weighted by molar-refractivity contribution is 6.33. The number of halogens is 1. The number of hydrogen-bond acceptors (Lipinski definition) is 3. The zero-order chi connectivity index (χ0) is 19.1. The van der Waals surface area contributed by atoms with Gasteiger partial charge in [0.05, 0.1) is 11.2 Å².